The smallest absolute Gasteiger partial charge is 0.258 e. The van der Waals surface area contributed by atoms with E-state index in [1.165, 1.54) is 24.3 Å². The fourth-order valence-corrected chi connectivity index (χ4v) is 2.32. The van der Waals surface area contributed by atoms with E-state index in [-0.39, 0.29) is 23.3 Å². The monoisotopic (exact) mass is 339 g/mol. The molecule has 0 aliphatic heterocycles. The lowest BCUT2D eigenvalue weighted by atomic mass is 10.2. The topological polar surface area (TPSA) is 69.6 Å². The van der Waals surface area contributed by atoms with Gasteiger partial charge in [0.2, 0.25) is 5.82 Å². The van der Waals surface area contributed by atoms with Crippen molar-refractivity contribution in [3.8, 4) is 23.0 Å². The highest BCUT2D eigenvalue weighted by molar-refractivity contribution is 5.56. The summed E-state index contributed by atoms with van der Waals surface area (Å²) in [7, 11) is 0. The molecule has 0 saturated heterocycles. The van der Waals surface area contributed by atoms with Gasteiger partial charge < -0.3 is 4.52 Å². The van der Waals surface area contributed by atoms with E-state index >= 15 is 0 Å². The minimum atomic E-state index is -0.387. The average Bonchev–Trinajstić information content (AvgIpc) is 3.26. The van der Waals surface area contributed by atoms with E-state index in [0.717, 1.165) is 5.56 Å². The molecule has 2 heterocycles. The summed E-state index contributed by atoms with van der Waals surface area (Å²) < 4.78 is 33.0. The molecule has 0 amide bonds. The zero-order chi connectivity index (χ0) is 17.2. The van der Waals surface area contributed by atoms with Gasteiger partial charge in [-0.05, 0) is 35.9 Å². The summed E-state index contributed by atoms with van der Waals surface area (Å²) in [5.74, 6) is -0.227. The highest BCUT2D eigenvalue weighted by Gasteiger charge is 2.14. The number of nitrogens with zero attached hydrogens (tertiary/aromatic N) is 5. The van der Waals surface area contributed by atoms with Gasteiger partial charge in [0, 0.05) is 5.56 Å². The van der Waals surface area contributed by atoms with E-state index < -0.39 is 0 Å². The third kappa shape index (κ3) is 3.27. The van der Waals surface area contributed by atoms with E-state index in [0.29, 0.717) is 17.8 Å². The van der Waals surface area contributed by atoms with Crippen LogP contribution >= 0.6 is 0 Å². The van der Waals surface area contributed by atoms with Crippen LogP contribution in [-0.4, -0.2) is 25.1 Å². The fourth-order valence-electron chi connectivity index (χ4n) is 2.32. The van der Waals surface area contributed by atoms with E-state index in [2.05, 4.69) is 20.5 Å². The Kier molecular flexibility index (Phi) is 3.77. The van der Waals surface area contributed by atoms with Gasteiger partial charge in [0.15, 0.2) is 5.69 Å². The lowest BCUT2D eigenvalue weighted by Crippen LogP contribution is -2.00. The van der Waals surface area contributed by atoms with Crippen molar-refractivity contribution in [1.29, 1.82) is 0 Å². The van der Waals surface area contributed by atoms with Gasteiger partial charge in [-0.25, -0.2) is 13.5 Å². The number of hydrogen-bond donors (Lipinski definition) is 0. The SMILES string of the molecule is Fc1ccc(Cn2cc(-c3noc(-c4cccc(F)c4)n3)nn2)cc1. The van der Waals surface area contributed by atoms with Gasteiger partial charge in [-0.3, -0.25) is 0 Å². The summed E-state index contributed by atoms with van der Waals surface area (Å²) in [5, 5.41) is 11.9. The number of aromatic nitrogens is 5. The number of hydrogen-bond acceptors (Lipinski definition) is 5. The lowest BCUT2D eigenvalue weighted by Gasteiger charge is -1.99. The van der Waals surface area contributed by atoms with Crippen LogP contribution in [0, 0.1) is 11.6 Å². The zero-order valence-electron chi connectivity index (χ0n) is 12.8. The Bertz CT molecular complexity index is 1010. The van der Waals surface area contributed by atoms with Crippen LogP contribution in [0.5, 0.6) is 0 Å². The van der Waals surface area contributed by atoms with Gasteiger partial charge in [-0.2, -0.15) is 4.98 Å². The molecule has 2 aromatic heterocycles. The normalized spacial score (nSPS) is 11.0. The molecule has 2 aromatic carbocycles. The molecule has 0 spiro atoms. The molecule has 0 saturated carbocycles. The quantitative estimate of drug-likeness (QED) is 0.570. The van der Waals surface area contributed by atoms with Crippen LogP contribution in [0.3, 0.4) is 0 Å². The van der Waals surface area contributed by atoms with Crippen molar-refractivity contribution in [2.75, 3.05) is 0 Å². The Balaban J connectivity index is 1.55. The first-order valence-corrected chi connectivity index (χ1v) is 7.42. The lowest BCUT2D eigenvalue weighted by molar-refractivity contribution is 0.432. The van der Waals surface area contributed by atoms with Crippen molar-refractivity contribution in [1.82, 2.24) is 25.1 Å². The van der Waals surface area contributed by atoms with Crippen LogP contribution in [0.4, 0.5) is 8.78 Å². The van der Waals surface area contributed by atoms with Crippen LogP contribution in [-0.2, 0) is 6.54 Å². The molecule has 0 N–H and O–H groups in total. The standard InChI is InChI=1S/C17H11F2N5O/c18-13-6-4-11(5-7-13)9-24-10-15(21-23-24)16-20-17(25-22-16)12-2-1-3-14(19)8-12/h1-8,10H,9H2. The predicted octanol–water partition coefficient (Wildman–Crippen LogP) is 3.32. The van der Waals surface area contributed by atoms with Gasteiger partial charge in [0.1, 0.15) is 11.6 Å². The minimum absolute atomic E-state index is 0.197. The Morgan fingerprint density at radius 3 is 2.64 bits per heavy atom. The van der Waals surface area contributed by atoms with Crippen LogP contribution in [0.15, 0.2) is 59.3 Å². The van der Waals surface area contributed by atoms with Crippen LogP contribution < -0.4 is 0 Å². The molecule has 0 fully saturated rings. The van der Waals surface area contributed by atoms with Crippen molar-refractivity contribution in [2.45, 2.75) is 6.54 Å². The number of benzene rings is 2. The third-order valence-electron chi connectivity index (χ3n) is 3.52. The maximum atomic E-state index is 13.3. The molecule has 25 heavy (non-hydrogen) atoms. The Morgan fingerprint density at radius 1 is 1.00 bits per heavy atom. The summed E-state index contributed by atoms with van der Waals surface area (Å²) in [6.45, 7) is 0.432. The highest BCUT2D eigenvalue weighted by Crippen LogP contribution is 2.21. The molecule has 124 valence electrons. The van der Waals surface area contributed by atoms with E-state index in [1.54, 1.807) is 35.1 Å². The Morgan fingerprint density at radius 2 is 1.84 bits per heavy atom. The molecule has 4 rings (SSSR count). The summed E-state index contributed by atoms with van der Waals surface area (Å²) in [6.07, 6.45) is 1.66. The third-order valence-corrected chi connectivity index (χ3v) is 3.52. The van der Waals surface area contributed by atoms with E-state index in [9.17, 15) is 8.78 Å². The Hall–Kier alpha value is -3.42. The molecule has 0 atom stereocenters. The van der Waals surface area contributed by atoms with Gasteiger partial charge in [-0.1, -0.05) is 28.6 Å². The van der Waals surface area contributed by atoms with Crippen LogP contribution in [0.2, 0.25) is 0 Å². The first kappa shape index (κ1) is 15.1. The summed E-state index contributed by atoms with van der Waals surface area (Å²) >= 11 is 0. The van der Waals surface area contributed by atoms with Gasteiger partial charge in [0.25, 0.3) is 5.89 Å². The van der Waals surface area contributed by atoms with E-state index in [1.807, 2.05) is 0 Å². The highest BCUT2D eigenvalue weighted by atomic mass is 19.1. The molecule has 0 bridgehead atoms. The molecule has 6 nitrogen and oxygen atoms in total. The number of halogens is 2. The summed E-state index contributed by atoms with van der Waals surface area (Å²) in [5.41, 5.74) is 1.79. The van der Waals surface area contributed by atoms with Crippen molar-refractivity contribution < 1.29 is 13.3 Å². The minimum Gasteiger partial charge on any atom is -0.334 e. The summed E-state index contributed by atoms with van der Waals surface area (Å²) in [4.78, 5) is 4.21. The van der Waals surface area contributed by atoms with Crippen molar-refractivity contribution in [2.24, 2.45) is 0 Å². The van der Waals surface area contributed by atoms with Gasteiger partial charge >= 0.3 is 0 Å². The maximum Gasteiger partial charge on any atom is 0.258 e. The molecule has 4 aromatic rings. The maximum absolute atomic E-state index is 13.3. The van der Waals surface area contributed by atoms with Crippen molar-refractivity contribution in [3.05, 3.63) is 71.9 Å². The molecule has 0 radical (unpaired) electrons. The second-order valence-corrected chi connectivity index (χ2v) is 5.36. The molecule has 0 aliphatic carbocycles. The largest absolute Gasteiger partial charge is 0.334 e. The fraction of sp³-hybridized carbons (Fsp3) is 0.0588. The predicted molar refractivity (Wildman–Crippen MR) is 84.2 cm³/mol. The molecular formula is C17H11F2N5O. The number of rotatable bonds is 4. The average molecular weight is 339 g/mol. The van der Waals surface area contributed by atoms with Crippen molar-refractivity contribution in [3.63, 3.8) is 0 Å². The second kappa shape index (κ2) is 6.23. The molecule has 0 unspecified atom stereocenters. The van der Waals surface area contributed by atoms with Gasteiger partial charge in [-0.15, -0.1) is 5.10 Å². The first-order chi connectivity index (χ1) is 12.2. The molecular weight excluding hydrogens is 328 g/mol. The van der Waals surface area contributed by atoms with Gasteiger partial charge in [0.05, 0.1) is 12.7 Å². The van der Waals surface area contributed by atoms with Crippen LogP contribution in [0.25, 0.3) is 23.0 Å². The summed E-state index contributed by atoms with van der Waals surface area (Å²) in [6, 6.07) is 12.0. The first-order valence-electron chi connectivity index (χ1n) is 7.42. The Labute approximate surface area is 140 Å². The molecule has 0 aliphatic rings. The molecule has 8 heteroatoms. The van der Waals surface area contributed by atoms with E-state index in [4.69, 9.17) is 4.52 Å². The zero-order valence-corrected chi connectivity index (χ0v) is 12.8. The van der Waals surface area contributed by atoms with Crippen molar-refractivity contribution >= 4 is 0 Å². The second-order valence-electron chi connectivity index (χ2n) is 5.36. The van der Waals surface area contributed by atoms with Crippen LogP contribution in [0.1, 0.15) is 5.56 Å².